The molecular weight excluding hydrogens is 133 g/mol. The minimum atomic E-state index is -2.69. The topological polar surface area (TPSA) is 40.1 Å². The van der Waals surface area contributed by atoms with Gasteiger partial charge in [-0.2, -0.15) is 0 Å². The second-order valence-corrected chi connectivity index (χ2v) is 6.80. The van der Waals surface area contributed by atoms with Crippen LogP contribution < -0.4 is 4.13 Å². The van der Waals surface area contributed by atoms with Crippen LogP contribution in [-0.2, 0) is 3.78 Å². The van der Waals surface area contributed by atoms with Crippen molar-refractivity contribution in [2.45, 2.75) is 0 Å². The minimum absolute atomic E-state index is 0.404. The Hall–Kier alpha value is 0.360. The van der Waals surface area contributed by atoms with Crippen LogP contribution in [0.3, 0.4) is 0 Å². The van der Waals surface area contributed by atoms with E-state index in [0.717, 1.165) is 0 Å². The molecule has 0 saturated heterocycles. The van der Waals surface area contributed by atoms with E-state index >= 15 is 0 Å². The van der Waals surface area contributed by atoms with Crippen molar-refractivity contribution >= 4 is 22.7 Å². The van der Waals surface area contributed by atoms with Gasteiger partial charge in [-0.05, 0) is 0 Å². The van der Waals surface area contributed by atoms with Crippen molar-refractivity contribution in [3.05, 3.63) is 0 Å². The monoisotopic (exact) mass is 137 g/mol. The normalized spacial score (nSPS) is 7.00. The van der Waals surface area contributed by atoms with Crippen molar-refractivity contribution in [3.63, 3.8) is 0 Å². The van der Waals surface area contributed by atoms with E-state index in [-0.39, 0.29) is 0 Å². The van der Waals surface area contributed by atoms with Gasteiger partial charge in [0.15, 0.2) is 0 Å². The molecule has 0 aliphatic heterocycles. The predicted molar refractivity (Wildman–Crippen MR) is 16.4 cm³/mol. The van der Waals surface area contributed by atoms with E-state index < -0.39 is 14.0 Å². The Bertz CT molecular complexity index is 29.0. The molecule has 0 bridgehead atoms. The van der Waals surface area contributed by atoms with E-state index in [1.165, 1.54) is 0 Å². The summed E-state index contributed by atoms with van der Waals surface area (Å²) in [5, 5.41) is 0. The van der Waals surface area contributed by atoms with Gasteiger partial charge < -0.3 is 0 Å². The van der Waals surface area contributed by atoms with Crippen LogP contribution in [0.5, 0.6) is 0 Å². The van der Waals surface area contributed by atoms with E-state index in [0.29, 0.717) is 8.77 Å². The van der Waals surface area contributed by atoms with Crippen molar-refractivity contribution in [1.29, 1.82) is 0 Å². The van der Waals surface area contributed by atoms with Gasteiger partial charge in [-0.25, -0.2) is 0 Å². The zero-order chi connectivity index (χ0) is 3.58. The van der Waals surface area contributed by atoms with Gasteiger partial charge in [0.05, 0.1) is 0 Å². The maximum atomic E-state index is 9.20. The van der Waals surface area contributed by atoms with Gasteiger partial charge >= 0.3 is 30.6 Å². The van der Waals surface area contributed by atoms with Crippen molar-refractivity contribution in [1.82, 2.24) is 0 Å². The summed E-state index contributed by atoms with van der Waals surface area (Å²) < 4.78 is 18.4. The van der Waals surface area contributed by atoms with Crippen LogP contribution in [-0.4, -0.2) is 22.7 Å². The summed E-state index contributed by atoms with van der Waals surface area (Å²) >= 11 is -2.69. The van der Waals surface area contributed by atoms with Crippen LogP contribution >= 0.6 is 0 Å². The first-order valence-electron chi connectivity index (χ1n) is 0.908. The summed E-state index contributed by atoms with van der Waals surface area (Å²) in [6, 6.07) is 0. The third-order valence-corrected chi connectivity index (χ3v) is 0. The Morgan fingerprint density at radius 3 is 2.00 bits per heavy atom. The van der Waals surface area contributed by atoms with E-state index in [2.05, 4.69) is 0 Å². The SMILES string of the molecule is [O]=[Ge]([O-])[SiH3]. The fourth-order valence-electron chi connectivity index (χ4n) is 0. The average Bonchev–Trinajstić information content (AvgIpc) is 0.811. The van der Waals surface area contributed by atoms with Gasteiger partial charge in [-0.1, -0.05) is 0 Å². The summed E-state index contributed by atoms with van der Waals surface area (Å²) in [6.45, 7) is 0. The quantitative estimate of drug-likeness (QED) is 0.335. The molecule has 0 aromatic heterocycles. The molecule has 0 rings (SSSR count). The maximum absolute atomic E-state index is 9.20. The molecule has 0 radical (unpaired) electrons. The summed E-state index contributed by atoms with van der Waals surface area (Å²) in [7, 11) is 0.404. The molecule has 0 amide bonds. The molecule has 4 heavy (non-hydrogen) atoms. The standard InChI is InChI=1S/GeH3O2Si/c2-1(3)4/h4H3/q-1. The molecule has 4 heteroatoms. The molecule has 24 valence electrons. The second kappa shape index (κ2) is 1.66. The van der Waals surface area contributed by atoms with Crippen molar-refractivity contribution in [2.75, 3.05) is 0 Å². The van der Waals surface area contributed by atoms with E-state index in [1.54, 1.807) is 0 Å². The molecule has 0 aliphatic carbocycles. The summed E-state index contributed by atoms with van der Waals surface area (Å²) in [5.41, 5.74) is 0. The van der Waals surface area contributed by atoms with E-state index in [9.17, 15) is 7.91 Å². The molecule has 0 spiro atoms. The van der Waals surface area contributed by atoms with Gasteiger partial charge in [0.2, 0.25) is 0 Å². The fraction of sp³-hybridized carbons (Fsp3) is 0. The first-order chi connectivity index (χ1) is 1.73. The van der Waals surface area contributed by atoms with Crippen LogP contribution in [0.25, 0.3) is 0 Å². The number of hydrogen-bond acceptors (Lipinski definition) is 2. The van der Waals surface area contributed by atoms with Gasteiger partial charge in [-0.3, -0.25) is 0 Å². The molecule has 0 fully saturated rings. The number of hydrogen-bond donors (Lipinski definition) is 0. The zero-order valence-electron chi connectivity index (χ0n) is 2.32. The van der Waals surface area contributed by atoms with Gasteiger partial charge in [0.1, 0.15) is 0 Å². The molecule has 0 saturated carbocycles. The van der Waals surface area contributed by atoms with Crippen LogP contribution in [0, 0.1) is 0 Å². The molecular formula is H3GeO2Si-. The zero-order valence-corrected chi connectivity index (χ0v) is 6.41. The van der Waals surface area contributed by atoms with Gasteiger partial charge in [0, 0.05) is 0 Å². The molecule has 2 nitrogen and oxygen atoms in total. The molecule has 0 atom stereocenters. The Kier molecular flexibility index (Phi) is 1.81. The van der Waals surface area contributed by atoms with Crippen LogP contribution in [0.1, 0.15) is 0 Å². The van der Waals surface area contributed by atoms with Crippen molar-refractivity contribution in [2.24, 2.45) is 0 Å². The average molecular weight is 136 g/mol. The summed E-state index contributed by atoms with van der Waals surface area (Å²) in [5.74, 6) is 0. The van der Waals surface area contributed by atoms with Gasteiger partial charge in [-0.15, -0.1) is 0 Å². The molecule has 0 unspecified atom stereocenters. The van der Waals surface area contributed by atoms with Crippen LogP contribution in [0.4, 0.5) is 0 Å². The molecule has 0 N–H and O–H groups in total. The third kappa shape index (κ3) is 33.7. The van der Waals surface area contributed by atoms with E-state index in [1.807, 2.05) is 0 Å². The Labute approximate surface area is 31.3 Å². The van der Waals surface area contributed by atoms with E-state index in [4.69, 9.17) is 0 Å². The van der Waals surface area contributed by atoms with Crippen molar-refractivity contribution in [3.8, 4) is 0 Å². The predicted octanol–water partition coefficient (Wildman–Crippen LogP) is -2.87. The van der Waals surface area contributed by atoms with Crippen LogP contribution in [0.15, 0.2) is 0 Å². The fourth-order valence-corrected chi connectivity index (χ4v) is 0. The second-order valence-electron chi connectivity index (χ2n) is 0.492. The Balaban J connectivity index is 2.80. The Morgan fingerprint density at radius 2 is 2.00 bits per heavy atom. The summed E-state index contributed by atoms with van der Waals surface area (Å²) in [4.78, 5) is 0. The van der Waals surface area contributed by atoms with Gasteiger partial charge in [0.25, 0.3) is 0 Å². The Morgan fingerprint density at radius 1 is 2.00 bits per heavy atom. The van der Waals surface area contributed by atoms with Crippen molar-refractivity contribution < 1.29 is 7.91 Å². The summed E-state index contributed by atoms with van der Waals surface area (Å²) in [6.07, 6.45) is 0. The molecule has 0 aromatic rings. The van der Waals surface area contributed by atoms with Crippen LogP contribution in [0.2, 0.25) is 0 Å². The molecule has 0 aromatic carbocycles. The first kappa shape index (κ1) is 4.36. The molecule has 0 heterocycles. The molecule has 0 aliphatic rings. The third-order valence-electron chi connectivity index (χ3n) is 0. The number of rotatable bonds is 0. The first-order valence-corrected chi connectivity index (χ1v) is 9.92.